The fourth-order valence-corrected chi connectivity index (χ4v) is 2.81. The molecule has 1 aliphatic heterocycles. The molecular formula is C17H19FN2O3S. The van der Waals surface area contributed by atoms with Crippen molar-refractivity contribution in [1.82, 2.24) is 10.2 Å². The fraction of sp³-hybridized carbons (Fsp3) is 0.353. The van der Waals surface area contributed by atoms with E-state index in [0.717, 1.165) is 16.7 Å². The summed E-state index contributed by atoms with van der Waals surface area (Å²) in [4.78, 5) is 37.4. The number of halogens is 1. The molecule has 0 spiro atoms. The Kier molecular flexibility index (Phi) is 5.43. The first-order valence-electron chi connectivity index (χ1n) is 7.48. The van der Waals surface area contributed by atoms with Crippen molar-refractivity contribution in [2.24, 2.45) is 5.41 Å². The van der Waals surface area contributed by atoms with Crippen LogP contribution in [0.5, 0.6) is 0 Å². The predicted octanol–water partition coefficient (Wildman–Crippen LogP) is 3.02. The molecule has 5 nitrogen and oxygen atoms in total. The summed E-state index contributed by atoms with van der Waals surface area (Å²) < 4.78 is 12.9. The number of thioether (sulfide) groups is 1. The second-order valence-corrected chi connectivity index (χ2v) is 7.38. The minimum atomic E-state index is -0.526. The van der Waals surface area contributed by atoms with Crippen LogP contribution in [0.1, 0.15) is 26.3 Å². The average Bonchev–Trinajstić information content (AvgIpc) is 2.76. The Morgan fingerprint density at radius 1 is 1.25 bits per heavy atom. The largest absolute Gasteiger partial charge is 0.354 e. The third-order valence-electron chi connectivity index (χ3n) is 3.34. The number of rotatable bonds is 4. The highest BCUT2D eigenvalue weighted by molar-refractivity contribution is 8.18. The topological polar surface area (TPSA) is 66.5 Å². The summed E-state index contributed by atoms with van der Waals surface area (Å²) in [6, 6.07) is 5.65. The van der Waals surface area contributed by atoms with Crippen LogP contribution in [0.25, 0.3) is 6.08 Å². The molecule has 0 saturated carbocycles. The lowest BCUT2D eigenvalue weighted by Gasteiger charge is -2.19. The number of carbonyl (C=O) groups excluding carboxylic acids is 3. The molecule has 2 rings (SSSR count). The van der Waals surface area contributed by atoms with E-state index in [9.17, 15) is 18.8 Å². The molecule has 0 bridgehead atoms. The van der Waals surface area contributed by atoms with E-state index in [-0.39, 0.29) is 35.0 Å². The van der Waals surface area contributed by atoms with E-state index in [1.165, 1.54) is 24.3 Å². The monoisotopic (exact) mass is 350 g/mol. The van der Waals surface area contributed by atoms with Crippen LogP contribution in [-0.4, -0.2) is 35.0 Å². The Bertz CT molecular complexity index is 693. The lowest BCUT2D eigenvalue weighted by Crippen LogP contribution is -2.41. The van der Waals surface area contributed by atoms with Gasteiger partial charge >= 0.3 is 0 Å². The SMILES string of the molecule is CC(C)(C)C(=O)NCCN1C(=O)S/C(=C/c2ccc(F)cc2)C1=O. The summed E-state index contributed by atoms with van der Waals surface area (Å²) in [7, 11) is 0. The maximum atomic E-state index is 12.9. The molecule has 1 N–H and O–H groups in total. The summed E-state index contributed by atoms with van der Waals surface area (Å²) in [5.41, 5.74) is 0.115. The van der Waals surface area contributed by atoms with Gasteiger partial charge in [0, 0.05) is 18.5 Å². The molecule has 0 unspecified atom stereocenters. The molecule has 0 aromatic heterocycles. The average molecular weight is 350 g/mol. The molecule has 7 heteroatoms. The van der Waals surface area contributed by atoms with Gasteiger partial charge in [0.05, 0.1) is 4.91 Å². The number of carbonyl (C=O) groups is 3. The molecule has 3 amide bonds. The van der Waals surface area contributed by atoms with Crippen LogP contribution in [0.4, 0.5) is 9.18 Å². The number of nitrogens with one attached hydrogen (secondary N) is 1. The van der Waals surface area contributed by atoms with Gasteiger partial charge in [0.1, 0.15) is 5.82 Å². The number of amides is 3. The first-order chi connectivity index (χ1) is 11.2. The second-order valence-electron chi connectivity index (χ2n) is 6.39. The smallest absolute Gasteiger partial charge is 0.293 e. The zero-order valence-electron chi connectivity index (χ0n) is 13.8. The van der Waals surface area contributed by atoms with Gasteiger partial charge in [0.15, 0.2) is 0 Å². The molecule has 128 valence electrons. The van der Waals surface area contributed by atoms with Crippen molar-refractivity contribution < 1.29 is 18.8 Å². The number of hydrogen-bond acceptors (Lipinski definition) is 4. The minimum Gasteiger partial charge on any atom is -0.354 e. The summed E-state index contributed by atoms with van der Waals surface area (Å²) in [5, 5.41) is 2.33. The fourth-order valence-electron chi connectivity index (χ4n) is 1.95. The molecule has 0 radical (unpaired) electrons. The molecule has 0 aliphatic carbocycles. The molecule has 0 atom stereocenters. The Morgan fingerprint density at radius 2 is 1.88 bits per heavy atom. The normalized spacial score (nSPS) is 16.8. The van der Waals surface area contributed by atoms with E-state index >= 15 is 0 Å². The van der Waals surface area contributed by atoms with Crippen molar-refractivity contribution in [3.63, 3.8) is 0 Å². The number of nitrogens with zero attached hydrogens (tertiary/aromatic N) is 1. The van der Waals surface area contributed by atoms with Crippen molar-refractivity contribution in [2.75, 3.05) is 13.1 Å². The van der Waals surface area contributed by atoms with E-state index in [0.29, 0.717) is 5.56 Å². The van der Waals surface area contributed by atoms with Gasteiger partial charge < -0.3 is 5.32 Å². The maximum absolute atomic E-state index is 12.9. The predicted molar refractivity (Wildman–Crippen MR) is 91.5 cm³/mol. The third kappa shape index (κ3) is 4.44. The third-order valence-corrected chi connectivity index (χ3v) is 4.25. The van der Waals surface area contributed by atoms with Crippen LogP contribution in [0.3, 0.4) is 0 Å². The molecule has 1 heterocycles. The quantitative estimate of drug-likeness (QED) is 0.848. The summed E-state index contributed by atoms with van der Waals surface area (Å²) >= 11 is 0.837. The van der Waals surface area contributed by atoms with Gasteiger partial charge in [-0.3, -0.25) is 19.3 Å². The van der Waals surface area contributed by atoms with E-state index < -0.39 is 11.3 Å². The van der Waals surface area contributed by atoms with Crippen molar-refractivity contribution in [2.45, 2.75) is 20.8 Å². The van der Waals surface area contributed by atoms with Gasteiger partial charge in [-0.05, 0) is 35.5 Å². The molecular weight excluding hydrogens is 331 g/mol. The summed E-state index contributed by atoms with van der Waals surface area (Å²) in [5.74, 6) is -0.912. The summed E-state index contributed by atoms with van der Waals surface area (Å²) in [6.07, 6.45) is 1.55. The minimum absolute atomic E-state index is 0.118. The first kappa shape index (κ1) is 18.2. The highest BCUT2D eigenvalue weighted by Crippen LogP contribution is 2.31. The summed E-state index contributed by atoms with van der Waals surface area (Å²) in [6.45, 7) is 5.68. The van der Waals surface area contributed by atoms with E-state index in [2.05, 4.69) is 5.32 Å². The van der Waals surface area contributed by atoms with Crippen molar-refractivity contribution >= 4 is 34.9 Å². The molecule has 1 saturated heterocycles. The van der Waals surface area contributed by atoms with Gasteiger partial charge in [0.25, 0.3) is 11.1 Å². The van der Waals surface area contributed by atoms with Gasteiger partial charge in [-0.2, -0.15) is 0 Å². The van der Waals surface area contributed by atoms with Crippen molar-refractivity contribution in [3.05, 3.63) is 40.6 Å². The van der Waals surface area contributed by atoms with Gasteiger partial charge in [0.2, 0.25) is 5.91 Å². The Morgan fingerprint density at radius 3 is 2.46 bits per heavy atom. The Labute approximate surface area is 144 Å². The Balaban J connectivity index is 1.99. The Hall–Kier alpha value is -2.15. The lowest BCUT2D eigenvalue weighted by atomic mass is 9.96. The second kappa shape index (κ2) is 7.17. The number of imide groups is 1. The zero-order chi connectivity index (χ0) is 17.9. The van der Waals surface area contributed by atoms with Crippen LogP contribution in [-0.2, 0) is 9.59 Å². The molecule has 1 aromatic rings. The van der Waals surface area contributed by atoms with Gasteiger partial charge in [-0.25, -0.2) is 4.39 Å². The highest BCUT2D eigenvalue weighted by Gasteiger charge is 2.34. The maximum Gasteiger partial charge on any atom is 0.293 e. The molecule has 1 fully saturated rings. The van der Waals surface area contributed by atoms with E-state index in [4.69, 9.17) is 0 Å². The molecule has 24 heavy (non-hydrogen) atoms. The highest BCUT2D eigenvalue weighted by atomic mass is 32.2. The van der Waals surface area contributed by atoms with Gasteiger partial charge in [-0.1, -0.05) is 32.9 Å². The van der Waals surface area contributed by atoms with E-state index in [1.807, 2.05) is 0 Å². The van der Waals surface area contributed by atoms with Crippen molar-refractivity contribution in [1.29, 1.82) is 0 Å². The van der Waals surface area contributed by atoms with Crippen LogP contribution < -0.4 is 5.32 Å². The lowest BCUT2D eigenvalue weighted by molar-refractivity contribution is -0.129. The van der Waals surface area contributed by atoms with Gasteiger partial charge in [-0.15, -0.1) is 0 Å². The number of hydrogen-bond donors (Lipinski definition) is 1. The molecule has 1 aromatic carbocycles. The van der Waals surface area contributed by atoms with Crippen LogP contribution in [0.15, 0.2) is 29.2 Å². The zero-order valence-corrected chi connectivity index (χ0v) is 14.6. The van der Waals surface area contributed by atoms with Crippen LogP contribution in [0.2, 0.25) is 0 Å². The van der Waals surface area contributed by atoms with Crippen LogP contribution >= 0.6 is 11.8 Å². The van der Waals surface area contributed by atoms with Crippen LogP contribution in [0, 0.1) is 11.2 Å². The van der Waals surface area contributed by atoms with Crippen molar-refractivity contribution in [3.8, 4) is 0 Å². The standard InChI is InChI=1S/C17H19FN2O3S/c1-17(2,3)15(22)19-8-9-20-14(21)13(24-16(20)23)10-11-4-6-12(18)7-5-11/h4-7,10H,8-9H2,1-3H3,(H,19,22)/b13-10+. The number of benzene rings is 1. The molecule has 1 aliphatic rings. The van der Waals surface area contributed by atoms with E-state index in [1.54, 1.807) is 26.8 Å². The first-order valence-corrected chi connectivity index (χ1v) is 8.29.